The smallest absolute Gasteiger partial charge is 0.174 e. The number of thioether (sulfide) groups is 2. The Kier molecular flexibility index (Phi) is 4.69. The van der Waals surface area contributed by atoms with Gasteiger partial charge in [0.25, 0.3) is 0 Å². The van der Waals surface area contributed by atoms with Crippen LogP contribution in [0, 0.1) is 13.8 Å². The van der Waals surface area contributed by atoms with E-state index in [1.54, 1.807) is 23.5 Å². The molecule has 0 aromatic carbocycles. The molecule has 5 heteroatoms. The van der Waals surface area contributed by atoms with Crippen molar-refractivity contribution in [2.24, 2.45) is 4.99 Å². The predicted octanol–water partition coefficient (Wildman–Crippen LogP) is 3.88. The average Bonchev–Trinajstić information content (AvgIpc) is 2.93. The molecule has 0 unspecified atom stereocenters. The molecule has 0 bridgehead atoms. The van der Waals surface area contributed by atoms with E-state index in [9.17, 15) is 4.79 Å². The zero-order valence-corrected chi connectivity index (χ0v) is 14.5. The highest BCUT2D eigenvalue weighted by Gasteiger charge is 2.23. The first-order valence-electron chi connectivity index (χ1n) is 6.83. The number of hydrogen-bond donors (Lipinski definition) is 0. The number of aromatic nitrogens is 1. The first-order chi connectivity index (χ1) is 9.30. The molecule has 1 aromatic heterocycles. The molecule has 0 N–H and O–H groups in total. The van der Waals surface area contributed by atoms with Crippen LogP contribution in [-0.4, -0.2) is 32.8 Å². The van der Waals surface area contributed by atoms with E-state index in [1.807, 2.05) is 13.0 Å². The molecule has 1 aliphatic heterocycles. The molecule has 2 rings (SSSR count). The molecule has 2 heterocycles. The molecule has 0 atom stereocenters. The Labute approximate surface area is 129 Å². The lowest BCUT2D eigenvalue weighted by Crippen LogP contribution is -2.24. The van der Waals surface area contributed by atoms with Gasteiger partial charge in [-0.05, 0) is 40.7 Å². The molecule has 0 fully saturated rings. The Balaban J connectivity index is 2.14. The molecule has 0 saturated carbocycles. The van der Waals surface area contributed by atoms with E-state index in [-0.39, 0.29) is 11.3 Å². The number of Topliss-reactive ketones (excluding diaryl/α,β-unsaturated/α-hetero) is 1. The summed E-state index contributed by atoms with van der Waals surface area (Å²) in [5, 5.41) is 0. The molecular formula is C15H22N2OS2. The van der Waals surface area contributed by atoms with Crippen LogP contribution in [0.2, 0.25) is 0 Å². The van der Waals surface area contributed by atoms with Crippen LogP contribution in [0.4, 0.5) is 0 Å². The van der Waals surface area contributed by atoms with Gasteiger partial charge in [-0.3, -0.25) is 9.79 Å². The van der Waals surface area contributed by atoms with E-state index in [2.05, 4.69) is 37.3 Å². The first-order valence-corrected chi connectivity index (χ1v) is 8.80. The number of aliphatic imine (C=N–C) groups is 1. The second-order valence-corrected chi connectivity index (χ2v) is 8.31. The van der Waals surface area contributed by atoms with Crippen molar-refractivity contribution in [1.29, 1.82) is 0 Å². The van der Waals surface area contributed by atoms with Gasteiger partial charge < -0.3 is 4.57 Å². The summed E-state index contributed by atoms with van der Waals surface area (Å²) < 4.78 is 3.30. The van der Waals surface area contributed by atoms with Crippen LogP contribution in [0.3, 0.4) is 0 Å². The van der Waals surface area contributed by atoms with E-state index >= 15 is 0 Å². The Morgan fingerprint density at radius 2 is 2.15 bits per heavy atom. The number of ketones is 1. The maximum absolute atomic E-state index is 12.4. The molecule has 0 saturated heterocycles. The zero-order chi connectivity index (χ0) is 14.9. The largest absolute Gasteiger partial charge is 0.343 e. The minimum Gasteiger partial charge on any atom is -0.343 e. The fraction of sp³-hybridized carbons (Fsp3) is 0.600. The van der Waals surface area contributed by atoms with Crippen molar-refractivity contribution in [3.8, 4) is 0 Å². The normalized spacial score (nSPS) is 15.6. The van der Waals surface area contributed by atoms with Crippen LogP contribution in [0.15, 0.2) is 11.1 Å². The number of hydrogen-bond acceptors (Lipinski definition) is 4. The third kappa shape index (κ3) is 3.31. The van der Waals surface area contributed by atoms with E-state index in [4.69, 9.17) is 0 Å². The highest BCUT2D eigenvalue weighted by molar-refractivity contribution is 8.39. The average molecular weight is 310 g/mol. The summed E-state index contributed by atoms with van der Waals surface area (Å²) in [6.45, 7) is 11.5. The lowest BCUT2D eigenvalue weighted by atomic mass is 10.1. The first kappa shape index (κ1) is 15.7. The monoisotopic (exact) mass is 310 g/mol. The van der Waals surface area contributed by atoms with Crippen LogP contribution in [0.1, 0.15) is 42.5 Å². The maximum Gasteiger partial charge on any atom is 0.174 e. The topological polar surface area (TPSA) is 34.4 Å². The van der Waals surface area contributed by atoms with Crippen molar-refractivity contribution in [3.05, 3.63) is 23.0 Å². The van der Waals surface area contributed by atoms with Gasteiger partial charge in [-0.25, -0.2) is 0 Å². The number of aryl methyl sites for hydroxylation is 1. The summed E-state index contributed by atoms with van der Waals surface area (Å²) in [5.74, 6) is 1.74. The van der Waals surface area contributed by atoms with Gasteiger partial charge >= 0.3 is 0 Å². The highest BCUT2D eigenvalue weighted by Crippen LogP contribution is 2.27. The zero-order valence-electron chi connectivity index (χ0n) is 12.8. The SMILES string of the molecule is Cc1cc(C(=O)CSC2=NCCS2)c(C)n1C(C)(C)C. The van der Waals surface area contributed by atoms with Gasteiger partial charge in [0.15, 0.2) is 5.78 Å². The van der Waals surface area contributed by atoms with Crippen LogP contribution in [0.25, 0.3) is 0 Å². The second-order valence-electron chi connectivity index (χ2n) is 6.00. The second kappa shape index (κ2) is 5.98. The fourth-order valence-corrected chi connectivity index (χ4v) is 4.58. The number of nitrogens with zero attached hydrogens (tertiary/aromatic N) is 2. The minimum atomic E-state index is 0.00519. The van der Waals surface area contributed by atoms with E-state index in [0.717, 1.165) is 33.6 Å². The van der Waals surface area contributed by atoms with Gasteiger partial charge in [0.2, 0.25) is 0 Å². The van der Waals surface area contributed by atoms with Gasteiger partial charge in [-0.1, -0.05) is 23.5 Å². The molecule has 1 aromatic rings. The third-order valence-electron chi connectivity index (χ3n) is 3.29. The Bertz CT molecular complexity index is 553. The van der Waals surface area contributed by atoms with Crippen molar-refractivity contribution in [2.75, 3.05) is 18.1 Å². The lowest BCUT2D eigenvalue weighted by molar-refractivity contribution is 0.102. The third-order valence-corrected chi connectivity index (χ3v) is 5.54. The van der Waals surface area contributed by atoms with Crippen molar-refractivity contribution >= 4 is 33.7 Å². The summed E-state index contributed by atoms with van der Waals surface area (Å²) in [6.07, 6.45) is 0. The Morgan fingerprint density at radius 3 is 2.65 bits per heavy atom. The van der Waals surface area contributed by atoms with Crippen LogP contribution >= 0.6 is 23.5 Å². The van der Waals surface area contributed by atoms with Gasteiger partial charge in [-0.15, -0.1) is 0 Å². The fourth-order valence-electron chi connectivity index (χ4n) is 2.69. The molecule has 20 heavy (non-hydrogen) atoms. The number of rotatable bonds is 3. The molecule has 0 aliphatic carbocycles. The van der Waals surface area contributed by atoms with Gasteiger partial charge in [0, 0.05) is 28.2 Å². The minimum absolute atomic E-state index is 0.00519. The number of carbonyl (C=O) groups excluding carboxylic acids is 1. The standard InChI is InChI=1S/C15H22N2OS2/c1-10-8-12(11(2)17(10)15(3,4)5)13(18)9-20-14-16-6-7-19-14/h8H,6-7,9H2,1-5H3. The quantitative estimate of drug-likeness (QED) is 0.795. The Hall–Kier alpha value is -0.680. The summed E-state index contributed by atoms with van der Waals surface area (Å²) in [7, 11) is 0. The van der Waals surface area contributed by atoms with Gasteiger partial charge in [0.05, 0.1) is 12.3 Å². The van der Waals surface area contributed by atoms with Crippen molar-refractivity contribution in [3.63, 3.8) is 0 Å². The maximum atomic E-state index is 12.4. The lowest BCUT2D eigenvalue weighted by Gasteiger charge is -2.25. The van der Waals surface area contributed by atoms with Crippen LogP contribution in [-0.2, 0) is 5.54 Å². The van der Waals surface area contributed by atoms with Crippen molar-refractivity contribution in [1.82, 2.24) is 4.57 Å². The van der Waals surface area contributed by atoms with E-state index < -0.39 is 0 Å². The molecule has 3 nitrogen and oxygen atoms in total. The molecule has 0 spiro atoms. The molecular weight excluding hydrogens is 288 g/mol. The van der Waals surface area contributed by atoms with Crippen LogP contribution < -0.4 is 0 Å². The Morgan fingerprint density at radius 1 is 1.45 bits per heavy atom. The summed E-state index contributed by atoms with van der Waals surface area (Å²) >= 11 is 3.32. The highest BCUT2D eigenvalue weighted by atomic mass is 32.2. The summed E-state index contributed by atoms with van der Waals surface area (Å²) in [5.41, 5.74) is 3.08. The summed E-state index contributed by atoms with van der Waals surface area (Å²) in [6, 6.07) is 2.02. The summed E-state index contributed by atoms with van der Waals surface area (Å²) in [4.78, 5) is 16.8. The van der Waals surface area contributed by atoms with Gasteiger partial charge in [0.1, 0.15) is 4.38 Å². The van der Waals surface area contributed by atoms with Gasteiger partial charge in [-0.2, -0.15) is 0 Å². The van der Waals surface area contributed by atoms with Crippen molar-refractivity contribution in [2.45, 2.75) is 40.2 Å². The van der Waals surface area contributed by atoms with Crippen molar-refractivity contribution < 1.29 is 4.79 Å². The molecule has 110 valence electrons. The van der Waals surface area contributed by atoms with E-state index in [0.29, 0.717) is 5.75 Å². The van der Waals surface area contributed by atoms with Crippen LogP contribution in [0.5, 0.6) is 0 Å². The van der Waals surface area contributed by atoms with E-state index in [1.165, 1.54) is 0 Å². The molecule has 0 amide bonds. The molecule has 0 radical (unpaired) electrons. The molecule has 1 aliphatic rings. The number of carbonyl (C=O) groups is 1. The predicted molar refractivity (Wildman–Crippen MR) is 90.5 cm³/mol.